The Morgan fingerprint density at radius 2 is 2.19 bits per heavy atom. The van der Waals surface area contributed by atoms with E-state index in [0.717, 1.165) is 0 Å². The number of nitrogens with one attached hydrogen (secondary N) is 1. The minimum Gasteiger partial charge on any atom is -0.366 e. The Morgan fingerprint density at radius 1 is 1.50 bits per heavy atom. The van der Waals surface area contributed by atoms with Crippen LogP contribution in [0.15, 0.2) is 29.2 Å². The van der Waals surface area contributed by atoms with Crippen molar-refractivity contribution in [1.29, 1.82) is 0 Å². The van der Waals surface area contributed by atoms with Gasteiger partial charge in [-0.05, 0) is 18.2 Å². The lowest BCUT2D eigenvalue weighted by Gasteiger charge is -2.04. The first-order chi connectivity index (χ1) is 7.44. The van der Waals surface area contributed by atoms with Gasteiger partial charge in [0.05, 0.1) is 0 Å². The molecule has 3 N–H and O–H groups in total. The molecule has 0 fully saturated rings. The zero-order valence-electron chi connectivity index (χ0n) is 8.64. The molecule has 0 spiro atoms. The summed E-state index contributed by atoms with van der Waals surface area (Å²) in [7, 11) is -2.76. The maximum Gasteiger partial charge on any atom is 0.269 e. The number of amides is 1. The third-order valence-electron chi connectivity index (χ3n) is 1.65. The van der Waals surface area contributed by atoms with Crippen LogP contribution in [0.2, 0.25) is 0 Å². The molecular weight excluding hydrogens is 248 g/mol. The van der Waals surface area contributed by atoms with E-state index in [1.165, 1.54) is 12.1 Å². The Kier molecular flexibility index (Phi) is 4.34. The molecule has 0 saturated carbocycles. The standard InChI is InChI=1S/C9H12N2O3S2/c1-2-11-16(13,14)15-8-5-3-4-7(6-8)9(10)12/h3-6,11H,2H2,1H3,(H2,10,12). The lowest BCUT2D eigenvalue weighted by Crippen LogP contribution is -2.19. The average molecular weight is 260 g/mol. The fourth-order valence-electron chi connectivity index (χ4n) is 1.03. The van der Waals surface area contributed by atoms with Crippen LogP contribution in [0.1, 0.15) is 17.3 Å². The van der Waals surface area contributed by atoms with Gasteiger partial charge in [-0.1, -0.05) is 13.0 Å². The highest BCUT2D eigenvalue weighted by atomic mass is 33.1. The van der Waals surface area contributed by atoms with E-state index >= 15 is 0 Å². The number of carbonyl (C=O) groups excluding carboxylic acids is 1. The van der Waals surface area contributed by atoms with Crippen LogP contribution in [0.5, 0.6) is 0 Å². The summed E-state index contributed by atoms with van der Waals surface area (Å²) in [5.74, 6) is -0.580. The van der Waals surface area contributed by atoms with E-state index in [2.05, 4.69) is 4.72 Å². The summed E-state index contributed by atoms with van der Waals surface area (Å²) in [5, 5.41) is 0. The quantitative estimate of drug-likeness (QED) is 0.764. The number of hydrogen-bond acceptors (Lipinski definition) is 4. The molecule has 0 radical (unpaired) electrons. The maximum atomic E-state index is 11.4. The minimum absolute atomic E-state index is 0.289. The van der Waals surface area contributed by atoms with Crippen molar-refractivity contribution in [3.8, 4) is 0 Å². The van der Waals surface area contributed by atoms with E-state index in [4.69, 9.17) is 5.73 Å². The average Bonchev–Trinajstić information content (AvgIpc) is 2.17. The van der Waals surface area contributed by atoms with Gasteiger partial charge in [-0.25, -0.2) is 13.1 Å². The smallest absolute Gasteiger partial charge is 0.269 e. The van der Waals surface area contributed by atoms with Gasteiger partial charge < -0.3 is 5.73 Å². The van der Waals surface area contributed by atoms with Crippen LogP contribution in [0.4, 0.5) is 0 Å². The summed E-state index contributed by atoms with van der Waals surface area (Å²) in [6.07, 6.45) is 0. The minimum atomic E-state index is -3.41. The summed E-state index contributed by atoms with van der Waals surface area (Å²) < 4.78 is 25.2. The number of primary amides is 1. The molecule has 5 nitrogen and oxygen atoms in total. The van der Waals surface area contributed by atoms with Crippen molar-refractivity contribution in [2.75, 3.05) is 6.54 Å². The van der Waals surface area contributed by atoms with Gasteiger partial charge in [0.15, 0.2) is 0 Å². The van der Waals surface area contributed by atoms with Gasteiger partial charge in [0.25, 0.3) is 9.06 Å². The molecule has 1 aromatic carbocycles. The molecule has 7 heteroatoms. The molecule has 0 aliphatic rings. The van der Waals surface area contributed by atoms with Crippen LogP contribution in [0.25, 0.3) is 0 Å². The predicted octanol–water partition coefficient (Wildman–Crippen LogP) is 0.732. The van der Waals surface area contributed by atoms with Crippen LogP contribution in [0.3, 0.4) is 0 Å². The summed E-state index contributed by atoms with van der Waals surface area (Å²) in [5.41, 5.74) is 5.38. The number of nitrogens with two attached hydrogens (primary N) is 1. The fourth-order valence-corrected chi connectivity index (χ4v) is 3.61. The largest absolute Gasteiger partial charge is 0.366 e. The molecule has 0 aliphatic carbocycles. The third-order valence-corrected chi connectivity index (χ3v) is 4.54. The number of hydrogen-bond donors (Lipinski definition) is 2. The van der Waals surface area contributed by atoms with Crippen molar-refractivity contribution < 1.29 is 13.2 Å². The van der Waals surface area contributed by atoms with Crippen molar-refractivity contribution in [3.63, 3.8) is 0 Å². The highest BCUT2D eigenvalue weighted by Gasteiger charge is 2.12. The lowest BCUT2D eigenvalue weighted by molar-refractivity contribution is 0.1000. The summed E-state index contributed by atoms with van der Waals surface area (Å²) in [6.45, 7) is 2.02. The van der Waals surface area contributed by atoms with Crippen LogP contribution < -0.4 is 10.5 Å². The van der Waals surface area contributed by atoms with E-state index in [9.17, 15) is 13.2 Å². The molecular formula is C9H12N2O3S2. The second-order valence-corrected chi connectivity index (χ2v) is 6.58. The first-order valence-electron chi connectivity index (χ1n) is 4.53. The monoisotopic (exact) mass is 260 g/mol. The first-order valence-corrected chi connectivity index (χ1v) is 7.35. The topological polar surface area (TPSA) is 89.3 Å². The molecule has 88 valence electrons. The highest BCUT2D eigenvalue weighted by molar-refractivity contribution is 8.71. The van der Waals surface area contributed by atoms with Gasteiger partial charge >= 0.3 is 0 Å². The van der Waals surface area contributed by atoms with E-state index < -0.39 is 15.0 Å². The second-order valence-electron chi connectivity index (χ2n) is 2.93. The molecule has 0 atom stereocenters. The van der Waals surface area contributed by atoms with Gasteiger partial charge in [0, 0.05) is 27.8 Å². The fraction of sp³-hybridized carbons (Fsp3) is 0.222. The number of rotatable bonds is 5. The molecule has 1 aromatic rings. The molecule has 0 heterocycles. The zero-order chi connectivity index (χ0) is 12.2. The van der Waals surface area contributed by atoms with Crippen LogP contribution >= 0.6 is 10.8 Å². The van der Waals surface area contributed by atoms with Crippen molar-refractivity contribution in [2.45, 2.75) is 11.8 Å². The maximum absolute atomic E-state index is 11.4. The number of carbonyl (C=O) groups is 1. The first kappa shape index (κ1) is 13.0. The molecule has 0 saturated heterocycles. The van der Waals surface area contributed by atoms with Gasteiger partial charge in [-0.2, -0.15) is 0 Å². The Bertz CT molecular complexity index is 485. The Morgan fingerprint density at radius 3 is 2.75 bits per heavy atom. The second kappa shape index (κ2) is 5.33. The SMILES string of the molecule is CCNS(=O)(=O)Sc1cccc(C(N)=O)c1. The van der Waals surface area contributed by atoms with E-state index in [1.54, 1.807) is 19.1 Å². The summed E-state index contributed by atoms with van der Waals surface area (Å²) in [4.78, 5) is 11.3. The Hall–Kier alpha value is -1.05. The normalized spacial score (nSPS) is 11.3. The molecule has 0 bridgehead atoms. The molecule has 0 unspecified atom stereocenters. The molecule has 16 heavy (non-hydrogen) atoms. The molecule has 0 aliphatic heterocycles. The van der Waals surface area contributed by atoms with Crippen LogP contribution in [0, 0.1) is 0 Å². The van der Waals surface area contributed by atoms with Gasteiger partial charge in [0.1, 0.15) is 0 Å². The third kappa shape index (κ3) is 3.84. The van der Waals surface area contributed by atoms with Gasteiger partial charge in [-0.15, -0.1) is 0 Å². The molecule has 1 rings (SSSR count). The highest BCUT2D eigenvalue weighted by Crippen LogP contribution is 2.23. The number of benzene rings is 1. The van der Waals surface area contributed by atoms with Crippen molar-refractivity contribution in [1.82, 2.24) is 4.72 Å². The van der Waals surface area contributed by atoms with Crippen molar-refractivity contribution in [2.24, 2.45) is 5.73 Å². The Balaban J connectivity index is 2.90. The van der Waals surface area contributed by atoms with Gasteiger partial charge in [-0.3, -0.25) is 4.79 Å². The molecule has 0 aromatic heterocycles. The van der Waals surface area contributed by atoms with E-state index in [1.807, 2.05) is 0 Å². The van der Waals surface area contributed by atoms with Crippen LogP contribution in [-0.4, -0.2) is 20.9 Å². The zero-order valence-corrected chi connectivity index (χ0v) is 10.3. The van der Waals surface area contributed by atoms with Crippen molar-refractivity contribution >= 4 is 25.8 Å². The Labute approximate surface area is 97.9 Å². The lowest BCUT2D eigenvalue weighted by atomic mass is 10.2. The van der Waals surface area contributed by atoms with E-state index in [-0.39, 0.29) is 5.56 Å². The van der Waals surface area contributed by atoms with Crippen LogP contribution in [-0.2, 0) is 9.06 Å². The van der Waals surface area contributed by atoms with Gasteiger partial charge in [0.2, 0.25) is 5.91 Å². The summed E-state index contributed by atoms with van der Waals surface area (Å²) >= 11 is 0. The van der Waals surface area contributed by atoms with Crippen molar-refractivity contribution in [3.05, 3.63) is 29.8 Å². The van der Waals surface area contributed by atoms with E-state index in [0.29, 0.717) is 22.2 Å². The predicted molar refractivity (Wildman–Crippen MR) is 63.4 cm³/mol. The molecule has 1 amide bonds. The summed E-state index contributed by atoms with van der Waals surface area (Å²) in [6, 6.07) is 6.17.